The molecule has 0 aliphatic carbocycles. The van der Waals surface area contributed by atoms with Gasteiger partial charge in [-0.05, 0) is 53.1 Å². The van der Waals surface area contributed by atoms with Gasteiger partial charge in [-0.1, -0.05) is 0 Å². The van der Waals surface area contributed by atoms with Gasteiger partial charge in [0, 0.05) is 5.56 Å². The zero-order chi connectivity index (χ0) is 20.5. The minimum Gasteiger partial charge on any atom is -0.450 e. The normalized spacial score (nSPS) is 12.4. The van der Waals surface area contributed by atoms with Gasteiger partial charge in [-0.2, -0.15) is 29.8 Å². The van der Waals surface area contributed by atoms with Gasteiger partial charge in [-0.3, -0.25) is 0 Å². The smallest absolute Gasteiger partial charge is 0.450 e. The van der Waals surface area contributed by atoms with Gasteiger partial charge in [0.1, 0.15) is 11.8 Å². The van der Waals surface area contributed by atoms with Crippen LogP contribution in [0.4, 0.5) is 18.0 Å². The van der Waals surface area contributed by atoms with Crippen molar-refractivity contribution in [3.8, 4) is 28.5 Å². The molecule has 0 aliphatic heterocycles. The maximum Gasteiger partial charge on any atom is 0.507 e. The number of thiophene rings is 1. The zero-order valence-corrected chi connectivity index (χ0v) is 15.0. The van der Waals surface area contributed by atoms with Crippen LogP contribution in [-0.4, -0.2) is 26.3 Å². The first-order chi connectivity index (χ1) is 13.2. The molecule has 1 atom stereocenters. The molecule has 144 valence electrons. The minimum atomic E-state index is -4.61. The van der Waals surface area contributed by atoms with E-state index in [1.165, 1.54) is 24.3 Å². The maximum absolute atomic E-state index is 13.4. The molecule has 7 nitrogen and oxygen atoms in total. The lowest BCUT2D eigenvalue weighted by Gasteiger charge is -2.11. The van der Waals surface area contributed by atoms with Crippen LogP contribution in [0.2, 0.25) is 0 Å². The number of halogens is 3. The van der Waals surface area contributed by atoms with E-state index in [0.717, 1.165) is 16.9 Å². The Hall–Kier alpha value is -3.39. The summed E-state index contributed by atoms with van der Waals surface area (Å²) in [5.74, 6) is 0. The lowest BCUT2D eigenvalue weighted by molar-refractivity contribution is -0.137. The molecule has 0 radical (unpaired) electrons. The van der Waals surface area contributed by atoms with Crippen LogP contribution >= 0.6 is 11.3 Å². The Morgan fingerprint density at radius 2 is 2.00 bits per heavy atom. The van der Waals surface area contributed by atoms with Crippen LogP contribution in [0.25, 0.3) is 22.4 Å². The second kappa shape index (κ2) is 7.32. The van der Waals surface area contributed by atoms with E-state index in [0.29, 0.717) is 11.1 Å². The van der Waals surface area contributed by atoms with Crippen molar-refractivity contribution in [2.24, 2.45) is 0 Å². The number of ether oxygens (including phenoxy) is 1. The zero-order valence-electron chi connectivity index (χ0n) is 14.1. The summed E-state index contributed by atoms with van der Waals surface area (Å²) in [5, 5.41) is 29.2. The van der Waals surface area contributed by atoms with E-state index in [4.69, 9.17) is 5.11 Å². The Labute approximate surface area is 160 Å². The summed E-state index contributed by atoms with van der Waals surface area (Å²) in [5.41, 5.74) is -0.339. The number of benzene rings is 1. The average molecular weight is 408 g/mol. The Balaban J connectivity index is 2.15. The summed E-state index contributed by atoms with van der Waals surface area (Å²) in [7, 11) is 0. The van der Waals surface area contributed by atoms with Crippen molar-refractivity contribution < 1.29 is 27.8 Å². The van der Waals surface area contributed by atoms with Gasteiger partial charge in [0.25, 0.3) is 0 Å². The number of nitriles is 1. The molecule has 0 spiro atoms. The molecular formula is C17H11F3N4O3S. The fourth-order valence-corrected chi connectivity index (χ4v) is 3.14. The van der Waals surface area contributed by atoms with Gasteiger partial charge in [0.2, 0.25) is 6.23 Å². The molecule has 28 heavy (non-hydrogen) atoms. The summed E-state index contributed by atoms with van der Waals surface area (Å²) in [6, 6.07) is 6.78. The van der Waals surface area contributed by atoms with Crippen LogP contribution in [-0.2, 0) is 10.9 Å². The van der Waals surface area contributed by atoms with Crippen LogP contribution in [0.1, 0.15) is 24.4 Å². The van der Waals surface area contributed by atoms with E-state index in [1.807, 2.05) is 0 Å². The summed E-state index contributed by atoms with van der Waals surface area (Å²) < 4.78 is 44.6. The number of aromatic nitrogens is 3. The second-order valence-electron chi connectivity index (χ2n) is 5.62. The largest absolute Gasteiger partial charge is 0.507 e. The van der Waals surface area contributed by atoms with Gasteiger partial charge in [-0.15, -0.1) is 15.0 Å². The highest BCUT2D eigenvalue weighted by Gasteiger charge is 2.32. The molecule has 0 saturated heterocycles. The first-order valence-electron chi connectivity index (χ1n) is 7.71. The van der Waals surface area contributed by atoms with Crippen LogP contribution in [0.15, 0.2) is 35.0 Å². The number of hydrogen-bond acceptors (Lipinski definition) is 6. The molecular weight excluding hydrogens is 397 g/mol. The molecule has 1 aromatic carbocycles. The fourth-order valence-electron chi connectivity index (χ4n) is 2.47. The lowest BCUT2D eigenvalue weighted by atomic mass is 9.99. The first-order valence-corrected chi connectivity index (χ1v) is 8.65. The van der Waals surface area contributed by atoms with Gasteiger partial charge in [0.15, 0.2) is 5.69 Å². The predicted molar refractivity (Wildman–Crippen MR) is 92.3 cm³/mol. The van der Waals surface area contributed by atoms with Crippen LogP contribution in [0.3, 0.4) is 0 Å². The van der Waals surface area contributed by atoms with Crippen LogP contribution in [0, 0.1) is 11.3 Å². The molecule has 0 amide bonds. The van der Waals surface area contributed by atoms with Crippen molar-refractivity contribution in [1.29, 1.82) is 5.26 Å². The standard InChI is InChI=1S/C17H11F3N4O3S/c1-9(27-16(25)26)24-22-14(7-21)15(23-24)12-4-11(10-2-3-28-8-10)5-13(6-12)17(18,19)20/h2-6,8-9H,1H3,(H,25,26). The Bertz CT molecular complexity index is 1050. The van der Waals surface area contributed by atoms with Crippen molar-refractivity contribution in [2.75, 3.05) is 0 Å². The molecule has 11 heteroatoms. The van der Waals surface area contributed by atoms with Crippen molar-refractivity contribution in [1.82, 2.24) is 15.0 Å². The molecule has 3 aromatic rings. The Morgan fingerprint density at radius 1 is 1.29 bits per heavy atom. The summed E-state index contributed by atoms with van der Waals surface area (Å²) >= 11 is 1.33. The summed E-state index contributed by atoms with van der Waals surface area (Å²) in [6.07, 6.45) is -7.35. The highest BCUT2D eigenvalue weighted by molar-refractivity contribution is 7.08. The minimum absolute atomic E-state index is 0.0290. The fraction of sp³-hybridized carbons (Fsp3) is 0.176. The monoisotopic (exact) mass is 408 g/mol. The number of hydrogen-bond donors (Lipinski definition) is 1. The highest BCUT2D eigenvalue weighted by atomic mass is 32.1. The van der Waals surface area contributed by atoms with Gasteiger partial charge >= 0.3 is 12.3 Å². The molecule has 2 heterocycles. The molecule has 0 bridgehead atoms. The highest BCUT2D eigenvalue weighted by Crippen LogP contribution is 2.37. The Kier molecular flexibility index (Phi) is 5.06. The van der Waals surface area contributed by atoms with Gasteiger partial charge in [-0.25, -0.2) is 4.79 Å². The van der Waals surface area contributed by atoms with Gasteiger partial charge < -0.3 is 9.84 Å². The molecule has 0 fully saturated rings. The van der Waals surface area contributed by atoms with Crippen molar-refractivity contribution >= 4 is 17.5 Å². The maximum atomic E-state index is 13.4. The molecule has 0 saturated carbocycles. The SMILES string of the molecule is CC(OC(=O)O)n1nc(C#N)c(-c2cc(-c3ccsc3)cc(C(F)(F)F)c2)n1. The first kappa shape index (κ1) is 19.4. The van der Waals surface area contributed by atoms with E-state index in [1.54, 1.807) is 22.9 Å². The van der Waals surface area contributed by atoms with Crippen molar-refractivity contribution in [2.45, 2.75) is 19.3 Å². The molecule has 3 rings (SSSR count). The summed E-state index contributed by atoms with van der Waals surface area (Å²) in [6.45, 7) is 1.32. The van der Waals surface area contributed by atoms with Crippen LogP contribution in [0.5, 0.6) is 0 Å². The molecule has 2 aromatic heterocycles. The number of rotatable bonds is 4. The third-order valence-electron chi connectivity index (χ3n) is 3.72. The van der Waals surface area contributed by atoms with E-state index in [-0.39, 0.29) is 17.0 Å². The second-order valence-corrected chi connectivity index (χ2v) is 6.40. The van der Waals surface area contributed by atoms with Gasteiger partial charge in [0.05, 0.1) is 5.56 Å². The topological polar surface area (TPSA) is 101 Å². The summed E-state index contributed by atoms with van der Waals surface area (Å²) in [4.78, 5) is 11.5. The van der Waals surface area contributed by atoms with E-state index in [2.05, 4.69) is 14.9 Å². The lowest BCUT2D eigenvalue weighted by Crippen LogP contribution is -2.15. The quantitative estimate of drug-likeness (QED) is 0.624. The van der Waals surface area contributed by atoms with Crippen molar-refractivity contribution in [3.63, 3.8) is 0 Å². The molecule has 1 N–H and O–H groups in total. The predicted octanol–water partition coefficient (Wildman–Crippen LogP) is 4.78. The Morgan fingerprint density at radius 3 is 2.57 bits per heavy atom. The third-order valence-corrected chi connectivity index (χ3v) is 4.40. The average Bonchev–Trinajstić information content (AvgIpc) is 3.29. The van der Waals surface area contributed by atoms with E-state index < -0.39 is 24.1 Å². The number of carbonyl (C=O) groups is 1. The third kappa shape index (κ3) is 3.96. The number of carboxylic acid groups (broad SMARTS) is 1. The number of nitrogens with zero attached hydrogens (tertiary/aromatic N) is 4. The molecule has 1 unspecified atom stereocenters. The molecule has 0 aliphatic rings. The van der Waals surface area contributed by atoms with Crippen molar-refractivity contribution in [3.05, 3.63) is 46.3 Å². The van der Waals surface area contributed by atoms with Crippen LogP contribution < -0.4 is 0 Å². The number of alkyl halides is 3. The van der Waals surface area contributed by atoms with E-state index in [9.17, 15) is 23.2 Å². The van der Waals surface area contributed by atoms with E-state index >= 15 is 0 Å².